The van der Waals surface area contributed by atoms with Crippen LogP contribution in [0.25, 0.3) is 0 Å². The number of aryl methyl sites for hydroxylation is 1. The molecule has 2 saturated heterocycles. The number of urea groups is 1. The van der Waals surface area contributed by atoms with Gasteiger partial charge in [0.05, 0.1) is 13.4 Å². The minimum absolute atomic E-state index is 0.223. The number of rotatable bonds is 7. The molecule has 0 aliphatic carbocycles. The first-order valence-corrected chi connectivity index (χ1v) is 11.2. The van der Waals surface area contributed by atoms with Crippen molar-refractivity contribution in [3.05, 3.63) is 54.0 Å². The van der Waals surface area contributed by atoms with Gasteiger partial charge in [-0.15, -0.1) is 0 Å². The predicted molar refractivity (Wildman–Crippen MR) is 121 cm³/mol. The van der Waals surface area contributed by atoms with E-state index in [-0.39, 0.29) is 24.1 Å². The molecule has 2 aliphatic rings. The number of nitrogens with zero attached hydrogens (tertiary/aromatic N) is 3. The quantitative estimate of drug-likeness (QED) is 0.617. The molecule has 10 nitrogen and oxygen atoms in total. The monoisotopic (exact) mass is 468 g/mol. The Morgan fingerprint density at radius 3 is 2.35 bits per heavy atom. The Labute approximate surface area is 197 Å². The van der Waals surface area contributed by atoms with E-state index in [2.05, 4.69) is 5.32 Å². The molecule has 5 amide bonds. The van der Waals surface area contributed by atoms with Gasteiger partial charge in [-0.1, -0.05) is 12.1 Å². The smallest absolute Gasteiger partial charge is 0.325 e. The minimum Gasteiger partial charge on any atom is -0.497 e. The molecular formula is C24H28N4O6. The van der Waals surface area contributed by atoms with Crippen LogP contribution in [0.5, 0.6) is 5.75 Å². The van der Waals surface area contributed by atoms with Gasteiger partial charge in [0.15, 0.2) is 5.76 Å². The maximum atomic E-state index is 13.0. The van der Waals surface area contributed by atoms with Crippen LogP contribution in [-0.2, 0) is 16.0 Å². The molecule has 1 aromatic heterocycles. The number of carbonyl (C=O) groups excluding carboxylic acids is 4. The lowest BCUT2D eigenvalue weighted by molar-refractivity contribution is -0.139. The van der Waals surface area contributed by atoms with E-state index in [1.165, 1.54) is 6.26 Å². The van der Waals surface area contributed by atoms with Gasteiger partial charge < -0.3 is 24.3 Å². The fourth-order valence-corrected chi connectivity index (χ4v) is 4.20. The van der Waals surface area contributed by atoms with Crippen LogP contribution in [0.2, 0.25) is 0 Å². The molecular weight excluding hydrogens is 440 g/mol. The molecule has 3 heterocycles. The number of hydrogen-bond donors (Lipinski definition) is 1. The third kappa shape index (κ3) is 4.75. The van der Waals surface area contributed by atoms with Gasteiger partial charge in [0.2, 0.25) is 5.91 Å². The Morgan fingerprint density at radius 1 is 1.06 bits per heavy atom. The van der Waals surface area contributed by atoms with Crippen LogP contribution in [0.4, 0.5) is 4.79 Å². The van der Waals surface area contributed by atoms with E-state index in [9.17, 15) is 19.2 Å². The zero-order chi connectivity index (χ0) is 24.3. The van der Waals surface area contributed by atoms with Gasteiger partial charge in [-0.3, -0.25) is 19.3 Å². The summed E-state index contributed by atoms with van der Waals surface area (Å²) in [5.41, 5.74) is -0.0635. The molecule has 1 aromatic carbocycles. The van der Waals surface area contributed by atoms with E-state index in [0.717, 1.165) is 16.2 Å². The summed E-state index contributed by atoms with van der Waals surface area (Å²) < 4.78 is 10.3. The minimum atomic E-state index is -1.08. The third-order valence-electron chi connectivity index (χ3n) is 6.36. The largest absolute Gasteiger partial charge is 0.497 e. The number of hydrogen-bond acceptors (Lipinski definition) is 6. The molecule has 34 heavy (non-hydrogen) atoms. The summed E-state index contributed by atoms with van der Waals surface area (Å²) in [6, 6.07) is 10.2. The van der Waals surface area contributed by atoms with Crippen LogP contribution < -0.4 is 10.1 Å². The van der Waals surface area contributed by atoms with Crippen molar-refractivity contribution < 1.29 is 28.3 Å². The Hall–Kier alpha value is -3.82. The molecule has 2 aliphatic heterocycles. The van der Waals surface area contributed by atoms with Crippen LogP contribution in [-0.4, -0.2) is 83.8 Å². The topological polar surface area (TPSA) is 112 Å². The maximum absolute atomic E-state index is 13.0. The number of imide groups is 1. The van der Waals surface area contributed by atoms with Crippen molar-refractivity contribution >= 4 is 23.8 Å². The second-order valence-corrected chi connectivity index (χ2v) is 8.65. The second kappa shape index (κ2) is 9.58. The second-order valence-electron chi connectivity index (χ2n) is 8.65. The summed E-state index contributed by atoms with van der Waals surface area (Å²) in [6.45, 7) is 2.71. The van der Waals surface area contributed by atoms with E-state index in [1.807, 2.05) is 24.3 Å². The number of carbonyl (C=O) groups is 4. The zero-order valence-corrected chi connectivity index (χ0v) is 19.3. The standard InChI is InChI=1S/C24H28N4O6/c1-24(10-9-17-5-7-18(33-2)8-6-17)22(31)28(23(32)25-24)16-20(29)26-11-13-27(14-12-26)21(30)19-4-3-15-34-19/h3-8,15H,9-14,16H2,1-2H3,(H,25,32)/t24-/m0/s1. The average Bonchev–Trinajstić information content (AvgIpc) is 3.46. The van der Waals surface area contributed by atoms with Crippen molar-refractivity contribution in [2.24, 2.45) is 0 Å². The molecule has 0 radical (unpaired) electrons. The highest BCUT2D eigenvalue weighted by molar-refractivity contribution is 6.08. The summed E-state index contributed by atoms with van der Waals surface area (Å²) in [7, 11) is 1.60. The van der Waals surface area contributed by atoms with E-state index in [1.54, 1.807) is 36.0 Å². The van der Waals surface area contributed by atoms with Crippen LogP contribution in [0.1, 0.15) is 29.5 Å². The molecule has 0 unspecified atom stereocenters. The van der Waals surface area contributed by atoms with Crippen LogP contribution in [0, 0.1) is 0 Å². The lowest BCUT2D eigenvalue weighted by atomic mass is 9.93. The van der Waals surface area contributed by atoms with Gasteiger partial charge in [-0.25, -0.2) is 4.79 Å². The fourth-order valence-electron chi connectivity index (χ4n) is 4.20. The predicted octanol–water partition coefficient (Wildman–Crippen LogP) is 1.52. The van der Waals surface area contributed by atoms with E-state index in [0.29, 0.717) is 39.0 Å². The number of amides is 5. The molecule has 1 atom stereocenters. The normalized spacial score (nSPS) is 20.5. The van der Waals surface area contributed by atoms with Crippen molar-refractivity contribution in [3.63, 3.8) is 0 Å². The number of furan rings is 1. The lowest BCUT2D eigenvalue weighted by Gasteiger charge is -2.34. The first-order chi connectivity index (χ1) is 16.3. The molecule has 2 aromatic rings. The van der Waals surface area contributed by atoms with E-state index < -0.39 is 17.5 Å². The summed E-state index contributed by atoms with van der Waals surface area (Å²) >= 11 is 0. The molecule has 4 rings (SSSR count). The molecule has 0 spiro atoms. The van der Waals surface area contributed by atoms with Crippen molar-refractivity contribution in [2.45, 2.75) is 25.3 Å². The highest BCUT2D eigenvalue weighted by atomic mass is 16.5. The SMILES string of the molecule is COc1ccc(CC[C@]2(C)NC(=O)N(CC(=O)N3CCN(C(=O)c4ccco4)CC3)C2=O)cc1. The number of ether oxygens (including phenoxy) is 1. The van der Waals surface area contributed by atoms with Crippen LogP contribution in [0.15, 0.2) is 47.1 Å². The van der Waals surface area contributed by atoms with Crippen molar-refractivity contribution in [3.8, 4) is 5.75 Å². The van der Waals surface area contributed by atoms with Crippen LogP contribution >= 0.6 is 0 Å². The number of benzene rings is 1. The van der Waals surface area contributed by atoms with E-state index in [4.69, 9.17) is 9.15 Å². The van der Waals surface area contributed by atoms with Gasteiger partial charge in [-0.05, 0) is 49.6 Å². The number of nitrogens with one attached hydrogen (secondary N) is 1. The summed E-state index contributed by atoms with van der Waals surface area (Å²) in [5, 5.41) is 2.75. The Morgan fingerprint density at radius 2 is 1.74 bits per heavy atom. The zero-order valence-electron chi connectivity index (χ0n) is 19.3. The average molecular weight is 469 g/mol. The third-order valence-corrected chi connectivity index (χ3v) is 6.36. The molecule has 10 heteroatoms. The fraction of sp³-hybridized carbons (Fsp3) is 0.417. The van der Waals surface area contributed by atoms with Gasteiger partial charge in [0, 0.05) is 26.2 Å². The Kier molecular flexibility index (Phi) is 6.58. The first kappa shape index (κ1) is 23.3. The summed E-state index contributed by atoms with van der Waals surface area (Å²) in [6.07, 6.45) is 2.43. The summed E-state index contributed by atoms with van der Waals surface area (Å²) in [5.74, 6) is 0.0434. The van der Waals surface area contributed by atoms with Gasteiger partial charge >= 0.3 is 6.03 Å². The van der Waals surface area contributed by atoms with Crippen molar-refractivity contribution in [1.82, 2.24) is 20.0 Å². The molecule has 180 valence electrons. The van der Waals surface area contributed by atoms with Crippen LogP contribution in [0.3, 0.4) is 0 Å². The van der Waals surface area contributed by atoms with Crippen molar-refractivity contribution in [1.29, 1.82) is 0 Å². The molecule has 0 bridgehead atoms. The highest BCUT2D eigenvalue weighted by Gasteiger charge is 2.48. The molecule has 1 N–H and O–H groups in total. The number of methoxy groups -OCH3 is 1. The highest BCUT2D eigenvalue weighted by Crippen LogP contribution is 2.24. The van der Waals surface area contributed by atoms with Gasteiger partial charge in [0.1, 0.15) is 17.8 Å². The number of piperazine rings is 1. The molecule has 2 fully saturated rings. The summed E-state index contributed by atoms with van der Waals surface area (Å²) in [4.78, 5) is 54.9. The lowest BCUT2D eigenvalue weighted by Crippen LogP contribution is -2.53. The van der Waals surface area contributed by atoms with E-state index >= 15 is 0 Å². The van der Waals surface area contributed by atoms with Gasteiger partial charge in [-0.2, -0.15) is 0 Å². The molecule has 0 saturated carbocycles. The van der Waals surface area contributed by atoms with Crippen molar-refractivity contribution in [2.75, 3.05) is 39.8 Å². The maximum Gasteiger partial charge on any atom is 0.325 e. The Balaban J connectivity index is 1.30. The van der Waals surface area contributed by atoms with Gasteiger partial charge in [0.25, 0.3) is 11.8 Å². The Bertz CT molecular complexity index is 1060. The first-order valence-electron chi connectivity index (χ1n) is 11.2.